The number of aliphatic hydroxyl groups is 1. The van der Waals surface area contributed by atoms with E-state index < -0.39 is 17.9 Å². The summed E-state index contributed by atoms with van der Waals surface area (Å²) >= 11 is 0. The molecule has 0 aliphatic heterocycles. The summed E-state index contributed by atoms with van der Waals surface area (Å²) in [5, 5.41) is 19.8. The number of oxazole rings is 1. The van der Waals surface area contributed by atoms with E-state index in [0.29, 0.717) is 11.1 Å². The lowest BCUT2D eigenvalue weighted by Crippen LogP contribution is -2.40. The number of amides is 1. The van der Waals surface area contributed by atoms with Gasteiger partial charge in [0.2, 0.25) is 11.8 Å². The first-order valence-corrected chi connectivity index (χ1v) is 6.28. The monoisotopic (exact) mass is 290 g/mol. The molecule has 7 heteroatoms. The Morgan fingerprint density at radius 1 is 1.38 bits per heavy atom. The molecule has 110 valence electrons. The van der Waals surface area contributed by atoms with Crippen molar-refractivity contribution in [1.29, 1.82) is 0 Å². The zero-order valence-corrected chi connectivity index (χ0v) is 11.0. The maximum absolute atomic E-state index is 11.6. The van der Waals surface area contributed by atoms with Crippen LogP contribution in [0, 0.1) is 0 Å². The molecule has 3 N–H and O–H groups in total. The van der Waals surface area contributed by atoms with Crippen LogP contribution in [0.5, 0.6) is 0 Å². The first kappa shape index (κ1) is 14.7. The Hall–Kier alpha value is -2.67. The van der Waals surface area contributed by atoms with Crippen LogP contribution in [0.3, 0.4) is 0 Å². The SMILES string of the molecule is O=C(/C=C/c1nc2ccccc2o1)N[C@@H](CCO)C(=O)O. The minimum absolute atomic E-state index is 0.0577. The number of aromatic nitrogens is 1. The highest BCUT2D eigenvalue weighted by Crippen LogP contribution is 2.15. The van der Waals surface area contributed by atoms with Crippen molar-refractivity contribution in [2.24, 2.45) is 0 Å². The minimum atomic E-state index is -1.20. The average molecular weight is 290 g/mol. The lowest BCUT2D eigenvalue weighted by Gasteiger charge is -2.10. The standard InChI is InChI=1S/C14H14N2O5/c17-8-7-10(14(19)20)15-12(18)5-6-13-16-9-3-1-2-4-11(9)21-13/h1-6,10,17H,7-8H2,(H,15,18)(H,19,20)/b6-5+/t10-/m0/s1. The summed E-state index contributed by atoms with van der Waals surface area (Å²) in [4.78, 5) is 26.6. The molecule has 0 unspecified atom stereocenters. The third-order valence-corrected chi connectivity index (χ3v) is 2.72. The number of aliphatic carboxylic acids is 1. The second-order valence-corrected chi connectivity index (χ2v) is 4.26. The Kier molecular flexibility index (Phi) is 4.68. The maximum atomic E-state index is 11.6. The molecule has 1 aromatic carbocycles. The number of carbonyl (C=O) groups excluding carboxylic acids is 1. The van der Waals surface area contributed by atoms with Gasteiger partial charge in [-0.15, -0.1) is 0 Å². The molecule has 1 heterocycles. The summed E-state index contributed by atoms with van der Waals surface area (Å²) in [6, 6.07) is 6.02. The van der Waals surface area contributed by atoms with Crippen LogP contribution in [-0.4, -0.2) is 39.7 Å². The molecule has 1 amide bonds. The van der Waals surface area contributed by atoms with E-state index in [-0.39, 0.29) is 18.9 Å². The van der Waals surface area contributed by atoms with Crippen LogP contribution in [0.15, 0.2) is 34.8 Å². The van der Waals surface area contributed by atoms with Crippen LogP contribution in [-0.2, 0) is 9.59 Å². The van der Waals surface area contributed by atoms with Crippen LogP contribution >= 0.6 is 0 Å². The fourth-order valence-corrected chi connectivity index (χ4v) is 1.71. The van der Waals surface area contributed by atoms with Gasteiger partial charge in [0.1, 0.15) is 11.6 Å². The number of carboxylic acids is 1. The number of aliphatic hydroxyl groups excluding tert-OH is 1. The number of hydrogen-bond acceptors (Lipinski definition) is 5. The summed E-state index contributed by atoms with van der Waals surface area (Å²) in [5.74, 6) is -1.55. The normalized spacial score (nSPS) is 12.6. The molecular weight excluding hydrogens is 276 g/mol. The molecule has 2 aromatic rings. The molecule has 0 bridgehead atoms. The molecule has 2 rings (SSSR count). The number of carboxylic acid groups (broad SMARTS) is 1. The highest BCUT2D eigenvalue weighted by molar-refractivity contribution is 5.94. The minimum Gasteiger partial charge on any atom is -0.480 e. The third kappa shape index (κ3) is 3.90. The number of nitrogens with zero attached hydrogens (tertiary/aromatic N) is 1. The molecule has 0 spiro atoms. The van der Waals surface area contributed by atoms with Crippen molar-refractivity contribution >= 4 is 29.1 Å². The smallest absolute Gasteiger partial charge is 0.326 e. The van der Waals surface area contributed by atoms with Gasteiger partial charge in [-0.1, -0.05) is 12.1 Å². The van der Waals surface area contributed by atoms with Crippen molar-refractivity contribution in [2.45, 2.75) is 12.5 Å². The van der Waals surface area contributed by atoms with Gasteiger partial charge in [0, 0.05) is 25.2 Å². The maximum Gasteiger partial charge on any atom is 0.326 e. The first-order chi connectivity index (χ1) is 10.1. The Bertz CT molecular complexity index is 644. The van der Waals surface area contributed by atoms with Crippen LogP contribution < -0.4 is 5.32 Å². The molecule has 1 aromatic heterocycles. The lowest BCUT2D eigenvalue weighted by molar-refractivity contribution is -0.141. The van der Waals surface area contributed by atoms with E-state index in [9.17, 15) is 9.59 Å². The quantitative estimate of drug-likeness (QED) is 0.678. The van der Waals surface area contributed by atoms with Crippen LogP contribution in [0.4, 0.5) is 0 Å². The van der Waals surface area contributed by atoms with Crippen molar-refractivity contribution in [3.63, 3.8) is 0 Å². The highest BCUT2D eigenvalue weighted by atomic mass is 16.4. The number of rotatable bonds is 6. The lowest BCUT2D eigenvalue weighted by atomic mass is 10.2. The summed E-state index contributed by atoms with van der Waals surface area (Å²) in [7, 11) is 0. The van der Waals surface area contributed by atoms with Crippen LogP contribution in [0.1, 0.15) is 12.3 Å². The summed E-state index contributed by atoms with van der Waals surface area (Å²) in [6.45, 7) is -0.327. The fourth-order valence-electron chi connectivity index (χ4n) is 1.71. The van der Waals surface area contributed by atoms with Gasteiger partial charge in [-0.2, -0.15) is 0 Å². The van der Waals surface area contributed by atoms with Gasteiger partial charge in [-0.3, -0.25) is 4.79 Å². The van der Waals surface area contributed by atoms with Gasteiger partial charge in [-0.25, -0.2) is 9.78 Å². The van der Waals surface area contributed by atoms with Gasteiger partial charge >= 0.3 is 5.97 Å². The number of carbonyl (C=O) groups is 2. The average Bonchev–Trinajstić information content (AvgIpc) is 2.87. The van der Waals surface area contributed by atoms with Crippen molar-refractivity contribution in [1.82, 2.24) is 10.3 Å². The van der Waals surface area contributed by atoms with Gasteiger partial charge in [-0.05, 0) is 12.1 Å². The molecular formula is C14H14N2O5. The molecule has 7 nitrogen and oxygen atoms in total. The van der Waals surface area contributed by atoms with Gasteiger partial charge < -0.3 is 19.9 Å². The number of nitrogens with one attached hydrogen (secondary N) is 1. The Morgan fingerprint density at radius 3 is 2.81 bits per heavy atom. The Balaban J connectivity index is 2.02. The number of para-hydroxylation sites is 2. The van der Waals surface area contributed by atoms with Crippen molar-refractivity contribution < 1.29 is 24.2 Å². The Morgan fingerprint density at radius 2 is 2.14 bits per heavy atom. The van der Waals surface area contributed by atoms with Crippen molar-refractivity contribution in [3.05, 3.63) is 36.2 Å². The molecule has 1 atom stereocenters. The van der Waals surface area contributed by atoms with E-state index >= 15 is 0 Å². The second kappa shape index (κ2) is 6.67. The number of hydrogen-bond donors (Lipinski definition) is 3. The molecule has 21 heavy (non-hydrogen) atoms. The van der Waals surface area contributed by atoms with Gasteiger partial charge in [0.05, 0.1) is 0 Å². The zero-order chi connectivity index (χ0) is 15.2. The summed E-state index contributed by atoms with van der Waals surface area (Å²) in [5.41, 5.74) is 1.27. The zero-order valence-electron chi connectivity index (χ0n) is 11.0. The van der Waals surface area contributed by atoms with E-state index in [2.05, 4.69) is 10.3 Å². The molecule has 0 aliphatic rings. The Labute approximate surface area is 119 Å². The number of benzene rings is 1. The van der Waals surface area contributed by atoms with Crippen LogP contribution in [0.25, 0.3) is 17.2 Å². The molecule has 0 radical (unpaired) electrons. The third-order valence-electron chi connectivity index (χ3n) is 2.72. The molecule has 0 fully saturated rings. The van der Waals surface area contributed by atoms with Crippen molar-refractivity contribution in [3.8, 4) is 0 Å². The highest BCUT2D eigenvalue weighted by Gasteiger charge is 2.17. The topological polar surface area (TPSA) is 113 Å². The van der Waals surface area contributed by atoms with Gasteiger partial charge in [0.25, 0.3) is 0 Å². The van der Waals surface area contributed by atoms with E-state index in [4.69, 9.17) is 14.6 Å². The molecule has 0 saturated carbocycles. The van der Waals surface area contributed by atoms with E-state index in [0.717, 1.165) is 6.08 Å². The predicted molar refractivity (Wildman–Crippen MR) is 74.3 cm³/mol. The molecule has 0 saturated heterocycles. The van der Waals surface area contributed by atoms with E-state index in [1.54, 1.807) is 18.2 Å². The van der Waals surface area contributed by atoms with E-state index in [1.165, 1.54) is 6.08 Å². The van der Waals surface area contributed by atoms with Gasteiger partial charge in [0.15, 0.2) is 5.58 Å². The van der Waals surface area contributed by atoms with Crippen molar-refractivity contribution in [2.75, 3.05) is 6.61 Å². The molecule has 0 aliphatic carbocycles. The summed E-state index contributed by atoms with van der Waals surface area (Å²) in [6.07, 6.45) is 2.43. The predicted octanol–water partition coefficient (Wildman–Crippen LogP) is 0.793. The van der Waals surface area contributed by atoms with Crippen LogP contribution in [0.2, 0.25) is 0 Å². The largest absolute Gasteiger partial charge is 0.480 e. The first-order valence-electron chi connectivity index (χ1n) is 6.28. The number of fused-ring (bicyclic) bond motifs is 1. The van der Waals surface area contributed by atoms with E-state index in [1.807, 2.05) is 6.07 Å². The fraction of sp³-hybridized carbons (Fsp3) is 0.214. The summed E-state index contributed by atoms with van der Waals surface area (Å²) < 4.78 is 5.38. The second-order valence-electron chi connectivity index (χ2n) is 4.26.